The van der Waals surface area contributed by atoms with E-state index in [4.69, 9.17) is 9.72 Å². The molecule has 0 spiro atoms. The van der Waals surface area contributed by atoms with Crippen molar-refractivity contribution in [3.05, 3.63) is 84.7 Å². The number of benzene rings is 1. The molecule has 6 rings (SSSR count). The molecular weight excluding hydrogens is 543 g/mol. The number of aliphatic hydroxyl groups excluding tert-OH is 1. The number of thiophene rings is 1. The molecule has 1 saturated carbocycles. The van der Waals surface area contributed by atoms with Crippen LogP contribution in [0.25, 0.3) is 0 Å². The largest absolute Gasteiger partial charge is 0.416 e. The molecular formula is C29H26F3N3O4S. The molecule has 1 saturated heterocycles. The lowest BCUT2D eigenvalue weighted by atomic mass is 10.0. The molecule has 0 bridgehead atoms. The van der Waals surface area contributed by atoms with Crippen LogP contribution in [-0.2, 0) is 34.1 Å². The summed E-state index contributed by atoms with van der Waals surface area (Å²) in [5.41, 5.74) is 0.0729. The Labute approximate surface area is 232 Å². The number of hydrogen-bond acceptors (Lipinski definition) is 6. The van der Waals surface area contributed by atoms with Crippen LogP contribution >= 0.6 is 11.3 Å². The summed E-state index contributed by atoms with van der Waals surface area (Å²) in [6.45, 7) is 1.50. The number of aromatic amines is 1. The van der Waals surface area contributed by atoms with Crippen LogP contribution in [0.5, 0.6) is 0 Å². The van der Waals surface area contributed by atoms with Crippen molar-refractivity contribution >= 4 is 17.2 Å². The van der Waals surface area contributed by atoms with Gasteiger partial charge >= 0.3 is 6.18 Å². The third-order valence-electron chi connectivity index (χ3n) is 7.70. The fourth-order valence-electron chi connectivity index (χ4n) is 5.12. The van der Waals surface area contributed by atoms with Crippen molar-refractivity contribution < 1.29 is 27.8 Å². The smallest absolute Gasteiger partial charge is 0.379 e. The van der Waals surface area contributed by atoms with Gasteiger partial charge in [0.2, 0.25) is 0 Å². The first-order valence-electron chi connectivity index (χ1n) is 13.1. The second-order valence-corrected chi connectivity index (χ2v) is 11.4. The van der Waals surface area contributed by atoms with Gasteiger partial charge in [0.05, 0.1) is 47.9 Å². The Bertz CT molecular complexity index is 1580. The van der Waals surface area contributed by atoms with Crippen LogP contribution in [0.3, 0.4) is 0 Å². The average Bonchev–Trinajstić information content (AvgIpc) is 3.63. The van der Waals surface area contributed by atoms with Gasteiger partial charge in [0.1, 0.15) is 5.82 Å². The zero-order valence-electron chi connectivity index (χ0n) is 21.4. The van der Waals surface area contributed by atoms with E-state index in [1.54, 1.807) is 11.3 Å². The Hall–Kier alpha value is -3.46. The standard InChI is InChI=1S/C29H26F3N3O4S/c30-29(31,32)20-4-1-3-19(12-20)24(36)26(38)35-10-2-5-22-21(13-35)25(37)34-27(33-22)28(8-9-28)23-11-17(16-40-23)6-7-18-14-39-15-18/h1,3-4,11-12,16,18,24,36H,2,5,8-10,13-15H2,(H,33,34,37)/t24-/m1/s1. The molecule has 0 radical (unpaired) electrons. The van der Waals surface area contributed by atoms with E-state index in [1.165, 1.54) is 11.0 Å². The number of rotatable bonds is 4. The highest BCUT2D eigenvalue weighted by atomic mass is 32.1. The van der Waals surface area contributed by atoms with Crippen LogP contribution in [0.4, 0.5) is 13.2 Å². The molecule has 0 unspecified atom stereocenters. The van der Waals surface area contributed by atoms with Gasteiger partial charge in [-0.1, -0.05) is 24.0 Å². The van der Waals surface area contributed by atoms with Crippen LogP contribution in [0.2, 0.25) is 0 Å². The Morgan fingerprint density at radius 3 is 2.77 bits per heavy atom. The Balaban J connectivity index is 1.22. The van der Waals surface area contributed by atoms with Crippen molar-refractivity contribution in [3.8, 4) is 11.8 Å². The number of hydrogen-bond donors (Lipinski definition) is 2. The van der Waals surface area contributed by atoms with Gasteiger partial charge in [-0.05, 0) is 49.4 Å². The van der Waals surface area contributed by atoms with Crippen molar-refractivity contribution in [2.24, 2.45) is 5.92 Å². The minimum Gasteiger partial charge on any atom is -0.379 e. The third-order valence-corrected chi connectivity index (χ3v) is 8.83. The molecule has 2 fully saturated rings. The number of H-pyrrole nitrogens is 1. The van der Waals surface area contributed by atoms with E-state index in [2.05, 4.69) is 22.9 Å². The van der Waals surface area contributed by atoms with Crippen molar-refractivity contribution in [1.29, 1.82) is 0 Å². The lowest BCUT2D eigenvalue weighted by Crippen LogP contribution is -2.36. The Kier molecular flexibility index (Phi) is 6.81. The second kappa shape index (κ2) is 10.2. The number of aliphatic hydroxyl groups is 1. The number of aryl methyl sites for hydroxylation is 1. The van der Waals surface area contributed by atoms with Crippen molar-refractivity contribution in [2.45, 2.75) is 49.9 Å². The number of amides is 1. The molecule has 2 N–H and O–H groups in total. The van der Waals surface area contributed by atoms with Gasteiger partial charge in [-0.3, -0.25) is 9.59 Å². The molecule has 1 amide bonds. The molecule has 3 aromatic rings. The van der Waals surface area contributed by atoms with E-state index >= 15 is 0 Å². The maximum Gasteiger partial charge on any atom is 0.416 e. The molecule has 7 nitrogen and oxygen atoms in total. The molecule has 40 heavy (non-hydrogen) atoms. The second-order valence-electron chi connectivity index (χ2n) is 10.5. The number of halogens is 3. The lowest BCUT2D eigenvalue weighted by molar-refractivity contribution is -0.142. The van der Waals surface area contributed by atoms with Gasteiger partial charge in [-0.2, -0.15) is 13.2 Å². The molecule has 4 heterocycles. The van der Waals surface area contributed by atoms with E-state index in [1.807, 2.05) is 5.38 Å². The van der Waals surface area contributed by atoms with E-state index < -0.39 is 23.8 Å². The van der Waals surface area contributed by atoms with Gasteiger partial charge in [0.15, 0.2) is 6.10 Å². The molecule has 1 aliphatic carbocycles. The van der Waals surface area contributed by atoms with E-state index in [9.17, 15) is 27.9 Å². The zero-order valence-corrected chi connectivity index (χ0v) is 22.2. The van der Waals surface area contributed by atoms with Crippen LogP contribution in [0.1, 0.15) is 64.0 Å². The predicted octanol–water partition coefficient (Wildman–Crippen LogP) is 3.94. The van der Waals surface area contributed by atoms with Crippen molar-refractivity contribution in [2.75, 3.05) is 19.8 Å². The quantitative estimate of drug-likeness (QED) is 0.465. The van der Waals surface area contributed by atoms with E-state index in [0.717, 1.165) is 41.5 Å². The predicted molar refractivity (Wildman–Crippen MR) is 141 cm³/mol. The van der Waals surface area contributed by atoms with E-state index in [-0.39, 0.29) is 35.5 Å². The summed E-state index contributed by atoms with van der Waals surface area (Å²) >= 11 is 1.60. The first-order valence-corrected chi connectivity index (χ1v) is 14.0. The summed E-state index contributed by atoms with van der Waals surface area (Å²) in [6, 6.07) is 6.15. The molecule has 3 aliphatic rings. The first-order chi connectivity index (χ1) is 19.1. The minimum atomic E-state index is -4.60. The topological polar surface area (TPSA) is 95.5 Å². The SMILES string of the molecule is O=C([C@H](O)c1cccc(C(F)(F)F)c1)N1CCCc2nc(C3(c4cc(C#CC5COC5)cs4)CC3)[nH]c(=O)c2C1. The molecule has 2 aromatic heterocycles. The number of carbonyl (C=O) groups excluding carboxylic acids is 1. The summed E-state index contributed by atoms with van der Waals surface area (Å²) < 4.78 is 44.6. The highest BCUT2D eigenvalue weighted by Gasteiger charge is 2.50. The fraction of sp³-hybridized carbons (Fsp3) is 0.414. The molecule has 11 heteroatoms. The minimum absolute atomic E-state index is 0.0799. The number of fused-ring (bicyclic) bond motifs is 1. The summed E-state index contributed by atoms with van der Waals surface area (Å²) in [4.78, 5) is 36.6. The third kappa shape index (κ3) is 5.07. The van der Waals surface area contributed by atoms with Crippen molar-refractivity contribution in [1.82, 2.24) is 14.9 Å². The van der Waals surface area contributed by atoms with Crippen LogP contribution in [-0.4, -0.2) is 45.6 Å². The first kappa shape index (κ1) is 26.7. The monoisotopic (exact) mass is 569 g/mol. The van der Waals surface area contributed by atoms with E-state index in [0.29, 0.717) is 43.1 Å². The lowest BCUT2D eigenvalue weighted by Gasteiger charge is -2.24. The summed E-state index contributed by atoms with van der Waals surface area (Å²) in [6.07, 6.45) is -3.70. The summed E-state index contributed by atoms with van der Waals surface area (Å²) in [5.74, 6) is 6.55. The number of ether oxygens (including phenoxy) is 1. The highest BCUT2D eigenvalue weighted by molar-refractivity contribution is 7.10. The molecule has 1 atom stereocenters. The zero-order chi connectivity index (χ0) is 28.1. The normalized spacial score (nSPS) is 19.1. The highest BCUT2D eigenvalue weighted by Crippen LogP contribution is 2.54. The average molecular weight is 570 g/mol. The number of nitrogens with one attached hydrogen (secondary N) is 1. The number of carbonyl (C=O) groups is 1. The number of alkyl halides is 3. The van der Waals surface area contributed by atoms with Crippen molar-refractivity contribution in [3.63, 3.8) is 0 Å². The maximum absolute atomic E-state index is 13.3. The van der Waals surface area contributed by atoms with Gasteiger partial charge in [-0.15, -0.1) is 11.3 Å². The maximum atomic E-state index is 13.3. The van der Waals surface area contributed by atoms with Gasteiger partial charge in [0.25, 0.3) is 11.5 Å². The summed E-state index contributed by atoms with van der Waals surface area (Å²) in [5, 5.41) is 12.7. The number of nitrogens with zero attached hydrogens (tertiary/aromatic N) is 2. The molecule has 1 aromatic carbocycles. The van der Waals surface area contributed by atoms with Crippen LogP contribution in [0.15, 0.2) is 40.5 Å². The number of aromatic nitrogens is 2. The summed E-state index contributed by atoms with van der Waals surface area (Å²) in [7, 11) is 0. The van der Waals surface area contributed by atoms with Crippen LogP contribution in [0, 0.1) is 17.8 Å². The molecule has 2 aliphatic heterocycles. The Morgan fingerprint density at radius 1 is 1.27 bits per heavy atom. The fourth-order valence-corrected chi connectivity index (χ4v) is 6.22. The van der Waals surface area contributed by atoms with Gasteiger partial charge in [0, 0.05) is 22.4 Å². The van der Waals surface area contributed by atoms with Gasteiger partial charge < -0.3 is 19.7 Å². The van der Waals surface area contributed by atoms with Crippen LogP contribution < -0.4 is 5.56 Å². The van der Waals surface area contributed by atoms with Gasteiger partial charge in [-0.25, -0.2) is 4.98 Å². The Morgan fingerprint density at radius 2 is 2.08 bits per heavy atom. The molecule has 208 valence electrons.